The van der Waals surface area contributed by atoms with Crippen molar-refractivity contribution < 1.29 is 8.81 Å². The fraction of sp³-hybridized carbons (Fsp3) is 0.429. The maximum absolute atomic E-state index is 14.2. The van der Waals surface area contributed by atoms with Gasteiger partial charge in [-0.15, -0.1) is 0 Å². The van der Waals surface area contributed by atoms with Crippen molar-refractivity contribution in [1.29, 1.82) is 0 Å². The van der Waals surface area contributed by atoms with Crippen molar-refractivity contribution >= 4 is 11.0 Å². The number of furan rings is 1. The molecule has 0 radical (unpaired) electrons. The Morgan fingerprint density at radius 1 is 1.22 bits per heavy atom. The average molecular weight is 248 g/mol. The van der Waals surface area contributed by atoms with E-state index in [-0.39, 0.29) is 5.82 Å². The Hall–Kier alpha value is -1.39. The number of benzene rings is 1. The van der Waals surface area contributed by atoms with E-state index < -0.39 is 0 Å². The van der Waals surface area contributed by atoms with Crippen LogP contribution in [-0.2, 0) is 6.42 Å². The second kappa shape index (κ2) is 5.08. The molecule has 4 heteroatoms. The maximum Gasteiger partial charge on any atom is 0.137 e. The molecule has 3 rings (SSSR count). The molecule has 2 aromatic rings. The molecule has 18 heavy (non-hydrogen) atoms. The van der Waals surface area contributed by atoms with E-state index in [1.165, 1.54) is 6.26 Å². The van der Waals surface area contributed by atoms with E-state index in [0.29, 0.717) is 11.0 Å². The van der Waals surface area contributed by atoms with Crippen LogP contribution in [0.4, 0.5) is 4.39 Å². The van der Waals surface area contributed by atoms with Crippen LogP contribution in [0.1, 0.15) is 5.56 Å². The molecule has 96 valence electrons. The zero-order valence-corrected chi connectivity index (χ0v) is 10.3. The molecule has 1 saturated heterocycles. The molecule has 0 atom stereocenters. The van der Waals surface area contributed by atoms with E-state index >= 15 is 0 Å². The van der Waals surface area contributed by atoms with Crippen LogP contribution in [0, 0.1) is 5.82 Å². The van der Waals surface area contributed by atoms with Crippen LogP contribution in [0.2, 0.25) is 0 Å². The molecular weight excluding hydrogens is 231 g/mol. The minimum absolute atomic E-state index is 0.128. The summed E-state index contributed by atoms with van der Waals surface area (Å²) in [5.41, 5.74) is 1.40. The summed E-state index contributed by atoms with van der Waals surface area (Å²) in [5, 5.41) is 3.91. The number of hydrogen-bond acceptors (Lipinski definition) is 3. The van der Waals surface area contributed by atoms with E-state index in [4.69, 9.17) is 4.42 Å². The third kappa shape index (κ3) is 2.26. The third-order valence-corrected chi connectivity index (χ3v) is 3.56. The Balaban J connectivity index is 1.71. The van der Waals surface area contributed by atoms with E-state index in [1.807, 2.05) is 12.1 Å². The lowest BCUT2D eigenvalue weighted by Crippen LogP contribution is -2.44. The molecule has 0 bridgehead atoms. The van der Waals surface area contributed by atoms with E-state index in [1.54, 1.807) is 6.07 Å². The van der Waals surface area contributed by atoms with Gasteiger partial charge in [0.15, 0.2) is 0 Å². The van der Waals surface area contributed by atoms with Gasteiger partial charge in [-0.1, -0.05) is 6.07 Å². The van der Waals surface area contributed by atoms with Crippen molar-refractivity contribution in [3.05, 3.63) is 35.8 Å². The molecule has 1 N–H and O–H groups in total. The monoisotopic (exact) mass is 248 g/mol. The Morgan fingerprint density at radius 2 is 2.06 bits per heavy atom. The number of hydrogen-bond donors (Lipinski definition) is 1. The lowest BCUT2D eigenvalue weighted by Gasteiger charge is -2.27. The smallest absolute Gasteiger partial charge is 0.137 e. The van der Waals surface area contributed by atoms with Gasteiger partial charge in [-0.05, 0) is 24.1 Å². The van der Waals surface area contributed by atoms with Crippen LogP contribution < -0.4 is 5.32 Å². The van der Waals surface area contributed by atoms with Gasteiger partial charge in [-0.3, -0.25) is 0 Å². The quantitative estimate of drug-likeness (QED) is 0.900. The molecule has 0 saturated carbocycles. The molecule has 3 nitrogen and oxygen atoms in total. The molecule has 0 aliphatic carbocycles. The van der Waals surface area contributed by atoms with Crippen molar-refractivity contribution in [2.75, 3.05) is 32.7 Å². The Kier molecular flexibility index (Phi) is 3.30. The second-order valence-electron chi connectivity index (χ2n) is 4.71. The predicted octanol–water partition coefficient (Wildman–Crippen LogP) is 2.02. The molecule has 2 heterocycles. The van der Waals surface area contributed by atoms with Gasteiger partial charge in [0, 0.05) is 32.7 Å². The molecule has 1 aliphatic rings. The van der Waals surface area contributed by atoms with E-state index in [0.717, 1.165) is 44.7 Å². The van der Waals surface area contributed by atoms with Gasteiger partial charge in [0.1, 0.15) is 11.4 Å². The van der Waals surface area contributed by atoms with Gasteiger partial charge >= 0.3 is 0 Å². The fourth-order valence-corrected chi connectivity index (χ4v) is 2.46. The van der Waals surface area contributed by atoms with E-state index in [2.05, 4.69) is 10.2 Å². The first-order valence-corrected chi connectivity index (χ1v) is 6.42. The number of nitrogens with zero attached hydrogens (tertiary/aromatic N) is 1. The van der Waals surface area contributed by atoms with Gasteiger partial charge in [-0.25, -0.2) is 4.39 Å². The second-order valence-corrected chi connectivity index (χ2v) is 4.71. The van der Waals surface area contributed by atoms with Crippen LogP contribution in [0.25, 0.3) is 11.0 Å². The van der Waals surface area contributed by atoms with Crippen LogP contribution in [0.3, 0.4) is 0 Å². The van der Waals surface area contributed by atoms with E-state index in [9.17, 15) is 4.39 Å². The van der Waals surface area contributed by atoms with Crippen molar-refractivity contribution in [3.63, 3.8) is 0 Å². The van der Waals surface area contributed by atoms with Crippen LogP contribution in [0.15, 0.2) is 28.9 Å². The minimum Gasteiger partial charge on any atom is -0.464 e. The van der Waals surface area contributed by atoms with Crippen molar-refractivity contribution in [3.8, 4) is 0 Å². The summed E-state index contributed by atoms with van der Waals surface area (Å²) in [6.45, 7) is 5.08. The van der Waals surface area contributed by atoms with Crippen molar-refractivity contribution in [2.24, 2.45) is 0 Å². The number of halogens is 1. The SMILES string of the molecule is Fc1c(CCN2CCNCC2)ccc2occc12. The van der Waals surface area contributed by atoms with Gasteiger partial charge in [0.2, 0.25) is 0 Å². The zero-order chi connectivity index (χ0) is 12.4. The Labute approximate surface area is 106 Å². The highest BCUT2D eigenvalue weighted by molar-refractivity contribution is 5.78. The first-order valence-electron chi connectivity index (χ1n) is 6.42. The minimum atomic E-state index is -0.128. The van der Waals surface area contributed by atoms with Gasteiger partial charge in [0.25, 0.3) is 0 Å². The van der Waals surface area contributed by atoms with Crippen LogP contribution in [0.5, 0.6) is 0 Å². The predicted molar refractivity (Wildman–Crippen MR) is 69.2 cm³/mol. The lowest BCUT2D eigenvalue weighted by atomic mass is 10.1. The summed E-state index contributed by atoms with van der Waals surface area (Å²) in [7, 11) is 0. The van der Waals surface area contributed by atoms with Crippen molar-refractivity contribution in [2.45, 2.75) is 6.42 Å². The zero-order valence-electron chi connectivity index (χ0n) is 10.3. The summed E-state index contributed by atoms with van der Waals surface area (Å²) in [6, 6.07) is 5.38. The van der Waals surface area contributed by atoms with Crippen molar-refractivity contribution in [1.82, 2.24) is 10.2 Å². The highest BCUT2D eigenvalue weighted by Gasteiger charge is 2.12. The molecule has 0 amide bonds. The largest absolute Gasteiger partial charge is 0.464 e. The Morgan fingerprint density at radius 3 is 2.89 bits per heavy atom. The molecule has 1 aromatic carbocycles. The first kappa shape index (κ1) is 11.7. The summed E-state index contributed by atoms with van der Waals surface area (Å²) >= 11 is 0. The topological polar surface area (TPSA) is 28.4 Å². The van der Waals surface area contributed by atoms with Gasteiger partial charge in [-0.2, -0.15) is 0 Å². The van der Waals surface area contributed by atoms with Gasteiger partial charge in [0.05, 0.1) is 11.6 Å². The summed E-state index contributed by atoms with van der Waals surface area (Å²) in [5.74, 6) is -0.128. The number of rotatable bonds is 3. The standard InChI is InChI=1S/C14H17FN2O/c15-14-11(1-2-13-12(14)4-10-18-13)3-7-17-8-5-16-6-9-17/h1-2,4,10,16H,3,5-9H2. The van der Waals surface area contributed by atoms with Crippen LogP contribution in [-0.4, -0.2) is 37.6 Å². The average Bonchev–Trinajstić information content (AvgIpc) is 2.88. The third-order valence-electron chi connectivity index (χ3n) is 3.56. The van der Waals surface area contributed by atoms with Crippen LogP contribution >= 0.6 is 0 Å². The number of piperazine rings is 1. The summed E-state index contributed by atoms with van der Waals surface area (Å²) in [6.07, 6.45) is 2.29. The molecule has 1 fully saturated rings. The molecule has 0 unspecified atom stereocenters. The molecule has 0 spiro atoms. The van der Waals surface area contributed by atoms with Gasteiger partial charge < -0.3 is 14.6 Å². The molecule has 1 aliphatic heterocycles. The molecular formula is C14H17FN2O. The highest BCUT2D eigenvalue weighted by atomic mass is 19.1. The lowest BCUT2D eigenvalue weighted by molar-refractivity contribution is 0.243. The fourth-order valence-electron chi connectivity index (χ4n) is 2.46. The number of nitrogens with one attached hydrogen (secondary N) is 1. The molecule has 1 aromatic heterocycles. The number of fused-ring (bicyclic) bond motifs is 1. The summed E-state index contributed by atoms with van der Waals surface area (Å²) in [4.78, 5) is 2.37. The normalized spacial score (nSPS) is 17.4. The highest BCUT2D eigenvalue weighted by Crippen LogP contribution is 2.22. The maximum atomic E-state index is 14.2. The Bertz CT molecular complexity index is 532. The summed E-state index contributed by atoms with van der Waals surface area (Å²) < 4.78 is 19.4. The first-order chi connectivity index (χ1) is 8.84.